The Labute approximate surface area is 120 Å². The summed E-state index contributed by atoms with van der Waals surface area (Å²) < 4.78 is 1.84. The lowest BCUT2D eigenvalue weighted by molar-refractivity contribution is 0.585. The fourth-order valence-corrected chi connectivity index (χ4v) is 2.51. The molecule has 0 atom stereocenters. The number of aromatic nitrogens is 2. The number of benzene rings is 1. The highest BCUT2D eigenvalue weighted by molar-refractivity contribution is 6.28. The van der Waals surface area contributed by atoms with Gasteiger partial charge in [0, 0.05) is 18.8 Å². The van der Waals surface area contributed by atoms with Crippen molar-refractivity contribution in [3.8, 4) is 11.3 Å². The Morgan fingerprint density at radius 1 is 1.16 bits per heavy atom. The van der Waals surface area contributed by atoms with Gasteiger partial charge in [-0.2, -0.15) is 0 Å². The van der Waals surface area contributed by atoms with Gasteiger partial charge in [-0.25, -0.2) is 4.98 Å². The van der Waals surface area contributed by atoms with Crippen molar-refractivity contribution in [3.05, 3.63) is 40.3 Å². The van der Waals surface area contributed by atoms with E-state index in [4.69, 9.17) is 11.6 Å². The number of rotatable bonds is 1. The minimum Gasteiger partial charge on any atom is -0.324 e. The quantitative estimate of drug-likeness (QED) is 0.741. The normalized spacial score (nSPS) is 11.9. The zero-order valence-corrected chi connectivity index (χ0v) is 13.3. The lowest BCUT2D eigenvalue weighted by atomic mass is 9.81. The SMILES string of the molecule is Cc1cc(-c2cn(C)c(Cl)n2)cc(C(C)(C)C)c1C. The first-order chi connectivity index (χ1) is 8.70. The molecule has 2 nitrogen and oxygen atoms in total. The van der Waals surface area contributed by atoms with Crippen molar-refractivity contribution in [3.63, 3.8) is 0 Å². The van der Waals surface area contributed by atoms with Crippen molar-refractivity contribution in [2.45, 2.75) is 40.0 Å². The van der Waals surface area contributed by atoms with Gasteiger partial charge in [0.15, 0.2) is 0 Å². The summed E-state index contributed by atoms with van der Waals surface area (Å²) in [6.45, 7) is 11.1. The summed E-state index contributed by atoms with van der Waals surface area (Å²) in [6.07, 6.45) is 1.97. The smallest absolute Gasteiger partial charge is 0.203 e. The number of nitrogens with zero attached hydrogens (tertiary/aromatic N) is 2. The minimum atomic E-state index is 0.128. The number of aryl methyl sites for hydroxylation is 2. The lowest BCUT2D eigenvalue weighted by Gasteiger charge is -2.23. The number of hydrogen-bond donors (Lipinski definition) is 0. The van der Waals surface area contributed by atoms with Gasteiger partial charge >= 0.3 is 0 Å². The van der Waals surface area contributed by atoms with Crippen molar-refractivity contribution in [1.82, 2.24) is 9.55 Å². The van der Waals surface area contributed by atoms with Gasteiger partial charge in [-0.3, -0.25) is 0 Å². The first kappa shape index (κ1) is 14.1. The Morgan fingerprint density at radius 2 is 1.79 bits per heavy atom. The van der Waals surface area contributed by atoms with E-state index < -0.39 is 0 Å². The maximum Gasteiger partial charge on any atom is 0.203 e. The second kappa shape index (κ2) is 4.68. The molecule has 0 amide bonds. The summed E-state index contributed by atoms with van der Waals surface area (Å²) in [5.41, 5.74) is 6.21. The van der Waals surface area contributed by atoms with E-state index in [-0.39, 0.29) is 5.41 Å². The minimum absolute atomic E-state index is 0.128. The average Bonchev–Trinajstić information content (AvgIpc) is 2.61. The Balaban J connectivity index is 2.63. The topological polar surface area (TPSA) is 17.8 Å². The molecule has 0 bridgehead atoms. The maximum atomic E-state index is 6.03. The van der Waals surface area contributed by atoms with Crippen molar-refractivity contribution in [1.29, 1.82) is 0 Å². The van der Waals surface area contributed by atoms with Gasteiger partial charge in [-0.1, -0.05) is 20.8 Å². The van der Waals surface area contributed by atoms with E-state index in [1.807, 2.05) is 17.8 Å². The van der Waals surface area contributed by atoms with E-state index in [0.717, 1.165) is 11.3 Å². The first-order valence-electron chi connectivity index (χ1n) is 6.51. The van der Waals surface area contributed by atoms with Crippen LogP contribution in [0.2, 0.25) is 5.28 Å². The second-order valence-corrected chi connectivity index (χ2v) is 6.56. The largest absolute Gasteiger partial charge is 0.324 e. The van der Waals surface area contributed by atoms with Crippen LogP contribution >= 0.6 is 11.6 Å². The van der Waals surface area contributed by atoms with Gasteiger partial charge in [0.1, 0.15) is 0 Å². The summed E-state index contributed by atoms with van der Waals surface area (Å²) in [7, 11) is 1.91. The van der Waals surface area contributed by atoms with E-state index >= 15 is 0 Å². The number of halogens is 1. The van der Waals surface area contributed by atoms with E-state index in [0.29, 0.717) is 5.28 Å². The predicted molar refractivity (Wildman–Crippen MR) is 81.8 cm³/mol. The monoisotopic (exact) mass is 276 g/mol. The molecule has 2 rings (SSSR count). The molecule has 3 heteroatoms. The lowest BCUT2D eigenvalue weighted by Crippen LogP contribution is -2.14. The molecule has 0 N–H and O–H groups in total. The van der Waals surface area contributed by atoms with Crippen molar-refractivity contribution >= 4 is 11.6 Å². The Hall–Kier alpha value is -1.28. The molecule has 0 spiro atoms. The third-order valence-corrected chi connectivity index (χ3v) is 3.94. The molecule has 0 aliphatic rings. The van der Waals surface area contributed by atoms with Crippen molar-refractivity contribution in [2.24, 2.45) is 7.05 Å². The molecular weight excluding hydrogens is 256 g/mol. The molecule has 1 heterocycles. The van der Waals surface area contributed by atoms with Crippen molar-refractivity contribution in [2.75, 3.05) is 0 Å². The van der Waals surface area contributed by atoms with Crippen LogP contribution < -0.4 is 0 Å². The molecule has 2 aromatic rings. The highest BCUT2D eigenvalue weighted by atomic mass is 35.5. The van der Waals surface area contributed by atoms with E-state index in [2.05, 4.69) is 51.7 Å². The third kappa shape index (κ3) is 2.69. The van der Waals surface area contributed by atoms with Gasteiger partial charge in [-0.15, -0.1) is 0 Å². The van der Waals surface area contributed by atoms with Crippen LogP contribution in [0.4, 0.5) is 0 Å². The molecular formula is C16H21ClN2. The Morgan fingerprint density at radius 3 is 2.26 bits per heavy atom. The Bertz CT molecular complexity index is 599. The second-order valence-electron chi connectivity index (χ2n) is 6.22. The fraction of sp³-hybridized carbons (Fsp3) is 0.438. The molecule has 1 aromatic carbocycles. The van der Waals surface area contributed by atoms with Crippen molar-refractivity contribution < 1.29 is 0 Å². The van der Waals surface area contributed by atoms with E-state index in [1.54, 1.807) is 0 Å². The summed E-state index contributed by atoms with van der Waals surface area (Å²) in [6, 6.07) is 4.42. The van der Waals surface area contributed by atoms with Crippen LogP contribution in [0.5, 0.6) is 0 Å². The Kier molecular flexibility index (Phi) is 3.48. The van der Waals surface area contributed by atoms with Crippen LogP contribution in [0.1, 0.15) is 37.5 Å². The van der Waals surface area contributed by atoms with Crippen LogP contribution in [0, 0.1) is 13.8 Å². The first-order valence-corrected chi connectivity index (χ1v) is 6.89. The van der Waals surface area contributed by atoms with Crippen LogP contribution in [0.25, 0.3) is 11.3 Å². The molecule has 0 aliphatic heterocycles. The molecule has 0 unspecified atom stereocenters. The van der Waals surface area contributed by atoms with Crippen LogP contribution in [0.15, 0.2) is 18.3 Å². The molecule has 0 saturated heterocycles. The number of hydrogen-bond acceptors (Lipinski definition) is 1. The van der Waals surface area contributed by atoms with E-state index in [1.165, 1.54) is 16.7 Å². The van der Waals surface area contributed by atoms with Gasteiger partial charge in [0.2, 0.25) is 5.28 Å². The van der Waals surface area contributed by atoms with E-state index in [9.17, 15) is 0 Å². The van der Waals surface area contributed by atoms with Gasteiger partial charge in [0.05, 0.1) is 5.69 Å². The average molecular weight is 277 g/mol. The van der Waals surface area contributed by atoms with Gasteiger partial charge in [-0.05, 0) is 59.7 Å². The van der Waals surface area contributed by atoms with Crippen LogP contribution in [-0.2, 0) is 12.5 Å². The van der Waals surface area contributed by atoms with Gasteiger partial charge in [0.25, 0.3) is 0 Å². The highest BCUT2D eigenvalue weighted by Crippen LogP contribution is 2.32. The standard InChI is InChI=1S/C16H21ClN2/c1-10-7-12(14-9-19(6)15(17)18-14)8-13(11(10)2)16(3,4)5/h7-9H,1-6H3. The van der Waals surface area contributed by atoms with Crippen LogP contribution in [-0.4, -0.2) is 9.55 Å². The molecule has 1 aromatic heterocycles. The summed E-state index contributed by atoms with van der Waals surface area (Å²) in [5, 5.41) is 0.519. The number of imidazole rings is 1. The zero-order chi connectivity index (χ0) is 14.4. The molecule has 0 aliphatic carbocycles. The maximum absolute atomic E-state index is 6.03. The molecule has 0 radical (unpaired) electrons. The molecule has 102 valence electrons. The molecule has 19 heavy (non-hydrogen) atoms. The highest BCUT2D eigenvalue weighted by Gasteiger charge is 2.19. The van der Waals surface area contributed by atoms with Gasteiger partial charge < -0.3 is 4.57 Å². The summed E-state index contributed by atoms with van der Waals surface area (Å²) in [5.74, 6) is 0. The predicted octanol–water partition coefficient (Wildman–Crippen LogP) is 4.65. The zero-order valence-electron chi connectivity index (χ0n) is 12.5. The third-order valence-electron chi connectivity index (χ3n) is 3.59. The molecule has 0 fully saturated rings. The summed E-state index contributed by atoms with van der Waals surface area (Å²) >= 11 is 6.03. The fourth-order valence-electron chi connectivity index (χ4n) is 2.37. The molecule has 0 saturated carbocycles. The summed E-state index contributed by atoms with van der Waals surface area (Å²) in [4.78, 5) is 4.40. The van der Waals surface area contributed by atoms with Crippen LogP contribution in [0.3, 0.4) is 0 Å².